The Kier molecular flexibility index (Phi) is 9.21. The zero-order valence-corrected chi connectivity index (χ0v) is 21.5. The Morgan fingerprint density at radius 3 is 2.77 bits per heavy atom. The molecule has 0 saturated carbocycles. The summed E-state index contributed by atoms with van der Waals surface area (Å²) >= 11 is 1.81. The first-order chi connectivity index (χ1) is 14.7. The van der Waals surface area contributed by atoms with Gasteiger partial charge in [-0.2, -0.15) is 0 Å². The third-order valence-corrected chi connectivity index (χ3v) is 6.45. The number of thiophene rings is 1. The topological polar surface area (TPSA) is 56.2 Å². The summed E-state index contributed by atoms with van der Waals surface area (Å²) in [5.74, 6) is 2.02. The Balaban J connectivity index is 0.00000272. The second-order valence-corrected chi connectivity index (χ2v) is 8.67. The van der Waals surface area contributed by atoms with Crippen molar-refractivity contribution >= 4 is 52.1 Å². The zero-order chi connectivity index (χ0) is 20.8. The monoisotopic (exact) mass is 556 g/mol. The van der Waals surface area contributed by atoms with Crippen LogP contribution in [0.4, 0.5) is 10.8 Å². The van der Waals surface area contributed by atoms with E-state index in [4.69, 9.17) is 9.73 Å². The van der Waals surface area contributed by atoms with E-state index in [1.165, 1.54) is 10.6 Å². The van der Waals surface area contributed by atoms with Crippen LogP contribution in [0.15, 0.2) is 40.8 Å². The second-order valence-electron chi connectivity index (χ2n) is 7.75. The smallest absolute Gasteiger partial charge is 0.194 e. The molecule has 2 aliphatic heterocycles. The molecule has 1 unspecified atom stereocenters. The van der Waals surface area contributed by atoms with E-state index in [9.17, 15) is 0 Å². The van der Waals surface area contributed by atoms with Gasteiger partial charge in [0, 0.05) is 52.0 Å². The molecular weight excluding hydrogens is 523 g/mol. The Morgan fingerprint density at radius 1 is 1.23 bits per heavy atom. The maximum Gasteiger partial charge on any atom is 0.194 e. The van der Waals surface area contributed by atoms with Crippen LogP contribution < -0.4 is 15.1 Å². The summed E-state index contributed by atoms with van der Waals surface area (Å²) in [6, 6.07) is 8.56. The third-order valence-electron chi connectivity index (χ3n) is 5.52. The molecule has 170 valence electrons. The summed E-state index contributed by atoms with van der Waals surface area (Å²) in [5, 5.41) is 6.98. The number of guanidine groups is 1. The fraction of sp³-hybridized carbons (Fsp3) is 0.545. The van der Waals surface area contributed by atoms with Crippen LogP contribution in [0.3, 0.4) is 0 Å². The number of anilines is 2. The number of ether oxygens (including phenoxy) is 1. The highest BCUT2D eigenvalue weighted by Crippen LogP contribution is 2.22. The zero-order valence-electron chi connectivity index (χ0n) is 18.4. The van der Waals surface area contributed by atoms with Crippen LogP contribution in [-0.4, -0.2) is 74.4 Å². The summed E-state index contributed by atoms with van der Waals surface area (Å²) in [5.41, 5.74) is 1.19. The molecule has 0 aliphatic carbocycles. The summed E-state index contributed by atoms with van der Waals surface area (Å²) in [4.78, 5) is 16.7. The van der Waals surface area contributed by atoms with Gasteiger partial charge < -0.3 is 24.8 Å². The summed E-state index contributed by atoms with van der Waals surface area (Å²) in [6.45, 7) is 12.3. The Bertz CT molecular complexity index is 825. The van der Waals surface area contributed by atoms with Gasteiger partial charge in [0.2, 0.25) is 0 Å². The van der Waals surface area contributed by atoms with Crippen LogP contribution in [-0.2, 0) is 11.3 Å². The molecule has 2 aromatic rings. The number of aliphatic imine (C=N–C) groups is 1. The normalized spacial score (nSPS) is 19.9. The number of rotatable bonds is 5. The van der Waals surface area contributed by atoms with Crippen LogP contribution in [0.5, 0.6) is 0 Å². The number of piperazine rings is 1. The second kappa shape index (κ2) is 11.9. The summed E-state index contributed by atoms with van der Waals surface area (Å²) in [7, 11) is 0. The third kappa shape index (κ3) is 6.45. The van der Waals surface area contributed by atoms with Gasteiger partial charge in [0.25, 0.3) is 0 Å². The van der Waals surface area contributed by atoms with Gasteiger partial charge in [-0.15, -0.1) is 35.3 Å². The molecule has 1 atom stereocenters. The Morgan fingerprint density at radius 2 is 2.06 bits per heavy atom. The van der Waals surface area contributed by atoms with Crippen molar-refractivity contribution in [3.05, 3.63) is 41.4 Å². The van der Waals surface area contributed by atoms with Gasteiger partial charge in [0.1, 0.15) is 5.82 Å². The Labute approximate surface area is 206 Å². The lowest BCUT2D eigenvalue weighted by Gasteiger charge is -2.37. The maximum absolute atomic E-state index is 5.66. The van der Waals surface area contributed by atoms with Gasteiger partial charge in [-0.3, -0.25) is 0 Å². The molecule has 0 bridgehead atoms. The van der Waals surface area contributed by atoms with Crippen molar-refractivity contribution < 1.29 is 4.74 Å². The van der Waals surface area contributed by atoms with Crippen LogP contribution in [0.2, 0.25) is 0 Å². The molecule has 31 heavy (non-hydrogen) atoms. The van der Waals surface area contributed by atoms with Crippen LogP contribution in [0, 0.1) is 0 Å². The van der Waals surface area contributed by atoms with E-state index in [0.717, 1.165) is 64.2 Å². The highest BCUT2D eigenvalue weighted by molar-refractivity contribution is 14.0. The number of hydrogen-bond donors (Lipinski definition) is 1. The minimum Gasteiger partial charge on any atom is -0.375 e. The largest absolute Gasteiger partial charge is 0.375 e. The number of pyridine rings is 1. The first-order valence-electron chi connectivity index (χ1n) is 10.9. The predicted molar refractivity (Wildman–Crippen MR) is 140 cm³/mol. The number of nitrogens with zero attached hydrogens (tertiary/aromatic N) is 5. The van der Waals surface area contributed by atoms with Gasteiger partial charge in [0.15, 0.2) is 5.96 Å². The molecule has 0 aromatic carbocycles. The molecule has 9 heteroatoms. The van der Waals surface area contributed by atoms with Crippen LogP contribution in [0.25, 0.3) is 0 Å². The number of halogens is 1. The number of nitrogens with one attached hydrogen (secondary N) is 1. The summed E-state index contributed by atoms with van der Waals surface area (Å²) < 4.78 is 5.66. The average Bonchev–Trinajstić information content (AvgIpc) is 3.32. The molecule has 2 fully saturated rings. The standard InChI is InChI=1S/C22H32N6OS.HI/c1-3-23-22(27-10-8-26(9-11-27)21-5-4-14-30-21)25-16-19-6-7-24-20(15-19)28-12-13-29-18(2)17-28;/h4-7,14-15,18H,3,8-13,16-17H2,1-2H3,(H,23,25);1H. The van der Waals surface area contributed by atoms with E-state index in [1.807, 2.05) is 17.5 Å². The summed E-state index contributed by atoms with van der Waals surface area (Å²) in [6.07, 6.45) is 2.14. The van der Waals surface area contributed by atoms with Gasteiger partial charge >= 0.3 is 0 Å². The highest BCUT2D eigenvalue weighted by Gasteiger charge is 2.21. The first kappa shape index (κ1) is 24.1. The number of aromatic nitrogens is 1. The number of morpholine rings is 1. The molecule has 7 nitrogen and oxygen atoms in total. The molecule has 0 spiro atoms. The lowest BCUT2D eigenvalue weighted by molar-refractivity contribution is 0.0529. The van der Waals surface area contributed by atoms with Gasteiger partial charge in [-0.25, -0.2) is 9.98 Å². The van der Waals surface area contributed by atoms with Crippen LogP contribution >= 0.6 is 35.3 Å². The van der Waals surface area contributed by atoms with Crippen molar-refractivity contribution in [1.29, 1.82) is 0 Å². The molecule has 0 radical (unpaired) electrons. The van der Waals surface area contributed by atoms with Crippen molar-refractivity contribution in [2.24, 2.45) is 4.99 Å². The molecule has 2 aromatic heterocycles. The van der Waals surface area contributed by atoms with E-state index >= 15 is 0 Å². The van der Waals surface area contributed by atoms with E-state index in [1.54, 1.807) is 0 Å². The van der Waals surface area contributed by atoms with Gasteiger partial charge in [-0.05, 0) is 49.1 Å². The van der Waals surface area contributed by atoms with Crippen LogP contribution in [0.1, 0.15) is 19.4 Å². The van der Waals surface area contributed by atoms with Gasteiger partial charge in [0.05, 0.1) is 24.3 Å². The lowest BCUT2D eigenvalue weighted by atomic mass is 10.2. The molecular formula is C22H33IN6OS. The lowest BCUT2D eigenvalue weighted by Crippen LogP contribution is -2.52. The minimum atomic E-state index is 0. The van der Waals surface area contributed by atoms with Crippen molar-refractivity contribution in [3.8, 4) is 0 Å². The van der Waals surface area contributed by atoms with E-state index in [0.29, 0.717) is 6.54 Å². The fourth-order valence-electron chi connectivity index (χ4n) is 3.94. The van der Waals surface area contributed by atoms with E-state index < -0.39 is 0 Å². The fourth-order valence-corrected chi connectivity index (χ4v) is 4.72. The van der Waals surface area contributed by atoms with Crippen molar-refractivity contribution in [1.82, 2.24) is 15.2 Å². The maximum atomic E-state index is 5.66. The van der Waals surface area contributed by atoms with Crippen molar-refractivity contribution in [3.63, 3.8) is 0 Å². The molecule has 0 amide bonds. The highest BCUT2D eigenvalue weighted by atomic mass is 127. The van der Waals surface area contributed by atoms with Crippen molar-refractivity contribution in [2.75, 3.05) is 62.2 Å². The quantitative estimate of drug-likeness (QED) is 0.347. The minimum absolute atomic E-state index is 0. The molecule has 2 saturated heterocycles. The first-order valence-corrected chi connectivity index (χ1v) is 11.7. The SMILES string of the molecule is CCNC(=NCc1ccnc(N2CCOC(C)C2)c1)N1CCN(c2cccs2)CC1.I. The van der Waals surface area contributed by atoms with E-state index in [2.05, 4.69) is 68.5 Å². The van der Waals surface area contributed by atoms with Gasteiger partial charge in [-0.1, -0.05) is 0 Å². The number of hydrogen-bond acceptors (Lipinski definition) is 6. The molecule has 1 N–H and O–H groups in total. The van der Waals surface area contributed by atoms with E-state index in [-0.39, 0.29) is 30.1 Å². The molecule has 2 aliphatic rings. The molecule has 4 heterocycles. The molecule has 4 rings (SSSR count). The Hall–Kier alpha value is -1.59. The van der Waals surface area contributed by atoms with Crippen molar-refractivity contribution in [2.45, 2.75) is 26.5 Å². The predicted octanol–water partition coefficient (Wildman–Crippen LogP) is 3.27. The average molecular weight is 557 g/mol.